The number of phenols is 1. The quantitative estimate of drug-likeness (QED) is 0.882. The number of phenolic OH excluding ortho intramolecular Hbond substituents is 1. The first kappa shape index (κ1) is 12.7. The zero-order valence-corrected chi connectivity index (χ0v) is 10.8. The number of aromatic hydroxyl groups is 1. The van der Waals surface area contributed by atoms with E-state index >= 15 is 0 Å². The van der Waals surface area contributed by atoms with Gasteiger partial charge in [0, 0.05) is 25.7 Å². The second kappa shape index (κ2) is 5.71. The summed E-state index contributed by atoms with van der Waals surface area (Å²) in [5.41, 5.74) is 0.973. The number of ether oxygens (including phenoxy) is 1. The van der Waals surface area contributed by atoms with Crippen molar-refractivity contribution in [3.63, 3.8) is 0 Å². The number of hydrogen-bond donors (Lipinski definition) is 1. The Bertz CT molecular complexity index is 384. The summed E-state index contributed by atoms with van der Waals surface area (Å²) < 4.78 is 5.50. The molecule has 17 heavy (non-hydrogen) atoms. The van der Waals surface area contributed by atoms with Crippen molar-refractivity contribution in [3.05, 3.63) is 28.8 Å². The lowest BCUT2D eigenvalue weighted by molar-refractivity contribution is 0.105. The molecule has 1 aliphatic rings. The fraction of sp³-hybridized carbons (Fsp3) is 0.538. The fourth-order valence-corrected chi connectivity index (χ4v) is 2.28. The minimum atomic E-state index is 0.155. The molecule has 1 aliphatic heterocycles. The van der Waals surface area contributed by atoms with Gasteiger partial charge in [0.15, 0.2) is 0 Å². The minimum Gasteiger partial charge on any atom is -0.506 e. The van der Waals surface area contributed by atoms with Gasteiger partial charge in [0.1, 0.15) is 5.75 Å². The molecule has 1 unspecified atom stereocenters. The molecule has 0 aromatic heterocycles. The lowest BCUT2D eigenvalue weighted by Gasteiger charge is -2.26. The molecular formula is C13H18ClNO2. The summed E-state index contributed by atoms with van der Waals surface area (Å²) in [6, 6.07) is 5.78. The number of halogens is 1. The SMILES string of the molecule is CC1COCCCN1Cc1cccc(O)c1Cl. The highest BCUT2D eigenvalue weighted by atomic mass is 35.5. The molecule has 2 rings (SSSR count). The topological polar surface area (TPSA) is 32.7 Å². The van der Waals surface area contributed by atoms with E-state index in [1.165, 1.54) is 0 Å². The summed E-state index contributed by atoms with van der Waals surface area (Å²) in [5, 5.41) is 10.0. The second-order valence-electron chi connectivity index (χ2n) is 4.50. The Morgan fingerprint density at radius 1 is 1.53 bits per heavy atom. The third kappa shape index (κ3) is 3.12. The summed E-state index contributed by atoms with van der Waals surface area (Å²) in [6.45, 7) is 5.51. The molecule has 0 spiro atoms. The molecule has 1 aromatic carbocycles. The van der Waals surface area contributed by atoms with Crippen LogP contribution in [0.2, 0.25) is 5.02 Å². The van der Waals surface area contributed by atoms with Gasteiger partial charge in [0.05, 0.1) is 11.6 Å². The van der Waals surface area contributed by atoms with Gasteiger partial charge >= 0.3 is 0 Å². The molecule has 1 aromatic rings. The van der Waals surface area contributed by atoms with Gasteiger partial charge in [-0.3, -0.25) is 4.90 Å². The van der Waals surface area contributed by atoms with E-state index in [1.54, 1.807) is 6.07 Å². The molecule has 1 saturated heterocycles. The fourth-order valence-electron chi connectivity index (χ4n) is 2.09. The van der Waals surface area contributed by atoms with Gasteiger partial charge in [-0.2, -0.15) is 0 Å². The van der Waals surface area contributed by atoms with Gasteiger partial charge in [-0.1, -0.05) is 23.7 Å². The largest absolute Gasteiger partial charge is 0.506 e. The van der Waals surface area contributed by atoms with E-state index in [9.17, 15) is 5.11 Å². The van der Waals surface area contributed by atoms with E-state index in [0.717, 1.165) is 38.3 Å². The van der Waals surface area contributed by atoms with Crippen molar-refractivity contribution in [1.29, 1.82) is 0 Å². The van der Waals surface area contributed by atoms with Gasteiger partial charge < -0.3 is 9.84 Å². The van der Waals surface area contributed by atoms with Crippen molar-refractivity contribution >= 4 is 11.6 Å². The molecule has 0 amide bonds. The molecule has 0 aliphatic carbocycles. The van der Waals surface area contributed by atoms with Gasteiger partial charge in [-0.15, -0.1) is 0 Å². The highest BCUT2D eigenvalue weighted by molar-refractivity contribution is 6.32. The Kier molecular flexibility index (Phi) is 4.26. The maximum Gasteiger partial charge on any atom is 0.134 e. The molecule has 1 N–H and O–H groups in total. The highest BCUT2D eigenvalue weighted by Crippen LogP contribution is 2.28. The van der Waals surface area contributed by atoms with Gasteiger partial charge in [0.2, 0.25) is 0 Å². The zero-order chi connectivity index (χ0) is 12.3. The molecular weight excluding hydrogens is 238 g/mol. The molecule has 3 nitrogen and oxygen atoms in total. The van der Waals surface area contributed by atoms with Crippen molar-refractivity contribution in [2.45, 2.75) is 25.9 Å². The van der Waals surface area contributed by atoms with Crippen LogP contribution in [0.5, 0.6) is 5.75 Å². The summed E-state index contributed by atoms with van der Waals surface area (Å²) >= 11 is 6.09. The van der Waals surface area contributed by atoms with Crippen molar-refractivity contribution in [2.75, 3.05) is 19.8 Å². The smallest absolute Gasteiger partial charge is 0.134 e. The standard InChI is InChI=1S/C13H18ClNO2/c1-10-9-17-7-3-6-15(10)8-11-4-2-5-12(16)13(11)14/h2,4-5,10,16H,3,6-9H2,1H3. The lowest BCUT2D eigenvalue weighted by Crippen LogP contribution is -2.34. The van der Waals surface area contributed by atoms with Crippen molar-refractivity contribution < 1.29 is 9.84 Å². The first-order valence-electron chi connectivity index (χ1n) is 5.96. The van der Waals surface area contributed by atoms with Crippen LogP contribution in [0.4, 0.5) is 0 Å². The Hall–Kier alpha value is -0.770. The molecule has 1 atom stereocenters. The van der Waals surface area contributed by atoms with Gasteiger partial charge in [0.25, 0.3) is 0 Å². The van der Waals surface area contributed by atoms with Crippen LogP contribution >= 0.6 is 11.6 Å². The van der Waals surface area contributed by atoms with E-state index in [4.69, 9.17) is 16.3 Å². The zero-order valence-electron chi connectivity index (χ0n) is 10.0. The number of hydrogen-bond acceptors (Lipinski definition) is 3. The Balaban J connectivity index is 2.10. The number of nitrogens with zero attached hydrogens (tertiary/aromatic N) is 1. The Labute approximate surface area is 107 Å². The first-order chi connectivity index (χ1) is 8.18. The summed E-state index contributed by atoms with van der Waals surface area (Å²) in [6.07, 6.45) is 1.04. The van der Waals surface area contributed by atoms with E-state index in [2.05, 4.69) is 11.8 Å². The van der Waals surface area contributed by atoms with Crippen LogP contribution in [-0.4, -0.2) is 35.8 Å². The number of benzene rings is 1. The van der Waals surface area contributed by atoms with E-state index < -0.39 is 0 Å². The lowest BCUT2D eigenvalue weighted by atomic mass is 10.1. The van der Waals surface area contributed by atoms with Crippen LogP contribution in [-0.2, 0) is 11.3 Å². The Morgan fingerprint density at radius 2 is 2.35 bits per heavy atom. The van der Waals surface area contributed by atoms with Crippen LogP contribution in [0.15, 0.2) is 18.2 Å². The average Bonchev–Trinajstić information content (AvgIpc) is 2.51. The summed E-state index contributed by atoms with van der Waals surface area (Å²) in [5.74, 6) is 0.155. The van der Waals surface area contributed by atoms with E-state index in [1.807, 2.05) is 12.1 Å². The second-order valence-corrected chi connectivity index (χ2v) is 4.88. The maximum absolute atomic E-state index is 9.58. The van der Waals surface area contributed by atoms with Gasteiger partial charge in [-0.05, 0) is 25.0 Å². The van der Waals surface area contributed by atoms with Crippen LogP contribution in [0.1, 0.15) is 18.9 Å². The average molecular weight is 256 g/mol. The molecule has 4 heteroatoms. The minimum absolute atomic E-state index is 0.155. The molecule has 94 valence electrons. The third-order valence-corrected chi connectivity index (χ3v) is 3.58. The van der Waals surface area contributed by atoms with Crippen molar-refractivity contribution in [3.8, 4) is 5.75 Å². The normalized spacial score (nSPS) is 22.4. The highest BCUT2D eigenvalue weighted by Gasteiger charge is 2.18. The van der Waals surface area contributed by atoms with Crippen molar-refractivity contribution in [1.82, 2.24) is 4.90 Å². The third-order valence-electron chi connectivity index (χ3n) is 3.15. The van der Waals surface area contributed by atoms with Crippen LogP contribution < -0.4 is 0 Å². The number of rotatable bonds is 2. The molecule has 1 fully saturated rings. The van der Waals surface area contributed by atoms with E-state index in [0.29, 0.717) is 11.1 Å². The monoisotopic (exact) mass is 255 g/mol. The Morgan fingerprint density at radius 3 is 3.18 bits per heavy atom. The molecule has 0 bridgehead atoms. The predicted molar refractivity (Wildman–Crippen MR) is 68.4 cm³/mol. The first-order valence-corrected chi connectivity index (χ1v) is 6.34. The molecule has 0 radical (unpaired) electrons. The van der Waals surface area contributed by atoms with Gasteiger partial charge in [-0.25, -0.2) is 0 Å². The summed E-state index contributed by atoms with van der Waals surface area (Å²) in [4.78, 5) is 2.34. The van der Waals surface area contributed by atoms with Crippen molar-refractivity contribution in [2.24, 2.45) is 0 Å². The van der Waals surface area contributed by atoms with E-state index in [-0.39, 0.29) is 5.75 Å². The molecule has 1 heterocycles. The molecule has 0 saturated carbocycles. The van der Waals surface area contributed by atoms with Crippen LogP contribution in [0.25, 0.3) is 0 Å². The van der Waals surface area contributed by atoms with Crippen LogP contribution in [0, 0.1) is 0 Å². The maximum atomic E-state index is 9.58. The predicted octanol–water partition coefficient (Wildman–Crippen LogP) is 2.66. The van der Waals surface area contributed by atoms with Crippen LogP contribution in [0.3, 0.4) is 0 Å². The summed E-state index contributed by atoms with van der Waals surface area (Å²) in [7, 11) is 0.